The van der Waals surface area contributed by atoms with E-state index in [1.54, 1.807) is 7.11 Å². The van der Waals surface area contributed by atoms with E-state index in [4.69, 9.17) is 9.15 Å². The molecule has 0 saturated carbocycles. The zero-order valence-corrected chi connectivity index (χ0v) is 11.7. The Bertz CT molecular complexity index is 547. The summed E-state index contributed by atoms with van der Waals surface area (Å²) in [5, 5.41) is 11.4. The molecular weight excluding hydrogens is 242 g/mol. The topological polar surface area (TPSA) is 60.2 Å². The number of aromatic nitrogens is 2. The number of nitrogens with zero attached hydrogens (tertiary/aromatic N) is 2. The van der Waals surface area contributed by atoms with Crippen molar-refractivity contribution in [2.75, 3.05) is 14.2 Å². The molecule has 0 saturated heterocycles. The first kappa shape index (κ1) is 13.5. The molecule has 0 amide bonds. The van der Waals surface area contributed by atoms with E-state index in [0.717, 1.165) is 23.3 Å². The SMILES string of the molecule is CCC(NC)c1nnc(-c2cc(C)ccc2OC)o1. The molecule has 0 aliphatic carbocycles. The lowest BCUT2D eigenvalue weighted by Crippen LogP contribution is -2.15. The van der Waals surface area contributed by atoms with Gasteiger partial charge in [-0.05, 0) is 32.5 Å². The quantitative estimate of drug-likeness (QED) is 0.896. The number of ether oxygens (including phenoxy) is 1. The van der Waals surface area contributed by atoms with E-state index in [2.05, 4.69) is 22.4 Å². The van der Waals surface area contributed by atoms with Gasteiger partial charge in [-0.1, -0.05) is 18.6 Å². The number of methoxy groups -OCH3 is 1. The van der Waals surface area contributed by atoms with Crippen molar-refractivity contribution >= 4 is 0 Å². The van der Waals surface area contributed by atoms with Crippen LogP contribution in [0.15, 0.2) is 22.6 Å². The van der Waals surface area contributed by atoms with Crippen molar-refractivity contribution in [1.82, 2.24) is 15.5 Å². The molecule has 0 aliphatic rings. The maximum Gasteiger partial charge on any atom is 0.251 e. The van der Waals surface area contributed by atoms with Crippen molar-refractivity contribution in [1.29, 1.82) is 0 Å². The van der Waals surface area contributed by atoms with Crippen LogP contribution in [0.3, 0.4) is 0 Å². The standard InChI is InChI=1S/C14H19N3O2/c1-5-11(15-3)14-17-16-13(19-14)10-8-9(2)6-7-12(10)18-4/h6-8,11,15H,5H2,1-4H3. The molecule has 1 aromatic carbocycles. The molecule has 1 heterocycles. The fraction of sp³-hybridized carbons (Fsp3) is 0.429. The Kier molecular flexibility index (Phi) is 4.16. The maximum absolute atomic E-state index is 5.75. The van der Waals surface area contributed by atoms with Crippen LogP contribution in [-0.2, 0) is 0 Å². The van der Waals surface area contributed by atoms with Crippen LogP contribution in [-0.4, -0.2) is 24.4 Å². The first-order chi connectivity index (χ1) is 9.19. The number of rotatable bonds is 5. The third-order valence-electron chi connectivity index (χ3n) is 3.08. The molecule has 5 heteroatoms. The molecule has 0 fully saturated rings. The van der Waals surface area contributed by atoms with E-state index < -0.39 is 0 Å². The van der Waals surface area contributed by atoms with Gasteiger partial charge in [0.25, 0.3) is 5.89 Å². The Balaban J connectivity index is 2.40. The Morgan fingerprint density at radius 3 is 2.79 bits per heavy atom. The monoisotopic (exact) mass is 261 g/mol. The van der Waals surface area contributed by atoms with E-state index in [1.165, 1.54) is 0 Å². The second-order valence-corrected chi connectivity index (χ2v) is 4.40. The van der Waals surface area contributed by atoms with E-state index >= 15 is 0 Å². The van der Waals surface area contributed by atoms with Gasteiger partial charge < -0.3 is 14.5 Å². The Labute approximate surface area is 113 Å². The van der Waals surface area contributed by atoms with Crippen molar-refractivity contribution in [3.8, 4) is 17.2 Å². The van der Waals surface area contributed by atoms with Gasteiger partial charge in [-0.2, -0.15) is 0 Å². The van der Waals surface area contributed by atoms with Gasteiger partial charge in [0.15, 0.2) is 0 Å². The number of aryl methyl sites for hydroxylation is 1. The summed E-state index contributed by atoms with van der Waals surface area (Å²) >= 11 is 0. The van der Waals surface area contributed by atoms with Crippen molar-refractivity contribution in [2.45, 2.75) is 26.3 Å². The Morgan fingerprint density at radius 1 is 1.37 bits per heavy atom. The minimum Gasteiger partial charge on any atom is -0.496 e. The number of hydrogen-bond acceptors (Lipinski definition) is 5. The van der Waals surface area contributed by atoms with Gasteiger partial charge in [0.1, 0.15) is 5.75 Å². The van der Waals surface area contributed by atoms with E-state index in [9.17, 15) is 0 Å². The lowest BCUT2D eigenvalue weighted by atomic mass is 10.1. The molecule has 0 spiro atoms. The van der Waals surface area contributed by atoms with Gasteiger partial charge in [0, 0.05) is 0 Å². The molecule has 0 aliphatic heterocycles. The van der Waals surface area contributed by atoms with E-state index in [-0.39, 0.29) is 6.04 Å². The van der Waals surface area contributed by atoms with Gasteiger partial charge in [-0.15, -0.1) is 10.2 Å². The number of hydrogen-bond donors (Lipinski definition) is 1. The fourth-order valence-corrected chi connectivity index (χ4v) is 1.98. The summed E-state index contributed by atoms with van der Waals surface area (Å²) in [6.45, 7) is 4.08. The average Bonchev–Trinajstić information content (AvgIpc) is 2.89. The predicted molar refractivity (Wildman–Crippen MR) is 73.1 cm³/mol. The molecule has 102 valence electrons. The molecule has 1 N–H and O–H groups in total. The normalized spacial score (nSPS) is 12.4. The minimum atomic E-state index is 0.0806. The van der Waals surface area contributed by atoms with Crippen LogP contribution >= 0.6 is 0 Å². The second kappa shape index (κ2) is 5.84. The fourth-order valence-electron chi connectivity index (χ4n) is 1.98. The molecule has 1 aromatic heterocycles. The largest absolute Gasteiger partial charge is 0.496 e. The molecular formula is C14H19N3O2. The summed E-state index contributed by atoms with van der Waals surface area (Å²) in [4.78, 5) is 0. The van der Waals surface area contributed by atoms with Crippen LogP contribution < -0.4 is 10.1 Å². The average molecular weight is 261 g/mol. The van der Waals surface area contributed by atoms with Gasteiger partial charge in [0.2, 0.25) is 5.89 Å². The molecule has 19 heavy (non-hydrogen) atoms. The molecule has 2 rings (SSSR count). The molecule has 1 unspecified atom stereocenters. The lowest BCUT2D eigenvalue weighted by molar-refractivity contribution is 0.403. The Morgan fingerprint density at radius 2 is 2.16 bits per heavy atom. The first-order valence-corrected chi connectivity index (χ1v) is 6.35. The summed E-state index contributed by atoms with van der Waals surface area (Å²) < 4.78 is 11.1. The van der Waals surface area contributed by atoms with Gasteiger partial charge in [-0.3, -0.25) is 0 Å². The van der Waals surface area contributed by atoms with Crippen LogP contribution in [0, 0.1) is 6.92 Å². The van der Waals surface area contributed by atoms with Crippen LogP contribution in [0.1, 0.15) is 30.8 Å². The van der Waals surface area contributed by atoms with Gasteiger partial charge >= 0.3 is 0 Å². The summed E-state index contributed by atoms with van der Waals surface area (Å²) in [6, 6.07) is 5.96. The maximum atomic E-state index is 5.75. The summed E-state index contributed by atoms with van der Waals surface area (Å²) in [7, 11) is 3.51. The lowest BCUT2D eigenvalue weighted by Gasteiger charge is -2.08. The highest BCUT2D eigenvalue weighted by molar-refractivity contribution is 5.63. The molecule has 0 bridgehead atoms. The van der Waals surface area contributed by atoms with Crippen LogP contribution in [0.2, 0.25) is 0 Å². The first-order valence-electron chi connectivity index (χ1n) is 6.35. The third kappa shape index (κ3) is 2.76. The molecule has 5 nitrogen and oxygen atoms in total. The summed E-state index contributed by atoms with van der Waals surface area (Å²) in [5.74, 6) is 1.83. The molecule has 1 atom stereocenters. The molecule has 0 radical (unpaired) electrons. The smallest absolute Gasteiger partial charge is 0.251 e. The highest BCUT2D eigenvalue weighted by Crippen LogP contribution is 2.30. The van der Waals surface area contributed by atoms with Crippen LogP contribution in [0.4, 0.5) is 0 Å². The molecule has 2 aromatic rings. The van der Waals surface area contributed by atoms with Gasteiger partial charge in [-0.25, -0.2) is 0 Å². The van der Waals surface area contributed by atoms with Crippen LogP contribution in [0.25, 0.3) is 11.5 Å². The summed E-state index contributed by atoms with van der Waals surface area (Å²) in [6.07, 6.45) is 0.892. The minimum absolute atomic E-state index is 0.0806. The number of benzene rings is 1. The van der Waals surface area contributed by atoms with E-state index in [1.807, 2.05) is 32.2 Å². The van der Waals surface area contributed by atoms with Crippen molar-refractivity contribution < 1.29 is 9.15 Å². The Hall–Kier alpha value is -1.88. The third-order valence-corrected chi connectivity index (χ3v) is 3.08. The highest BCUT2D eigenvalue weighted by atomic mass is 16.5. The van der Waals surface area contributed by atoms with Crippen LogP contribution in [0.5, 0.6) is 5.75 Å². The van der Waals surface area contributed by atoms with Crippen molar-refractivity contribution in [2.24, 2.45) is 0 Å². The highest BCUT2D eigenvalue weighted by Gasteiger charge is 2.18. The predicted octanol–water partition coefficient (Wildman–Crippen LogP) is 2.72. The second-order valence-electron chi connectivity index (χ2n) is 4.40. The number of nitrogens with one attached hydrogen (secondary N) is 1. The van der Waals surface area contributed by atoms with Gasteiger partial charge in [0.05, 0.1) is 18.7 Å². The zero-order valence-electron chi connectivity index (χ0n) is 11.7. The van der Waals surface area contributed by atoms with E-state index in [0.29, 0.717) is 11.8 Å². The summed E-state index contributed by atoms with van der Waals surface area (Å²) in [5.41, 5.74) is 1.95. The van der Waals surface area contributed by atoms with Crippen molar-refractivity contribution in [3.05, 3.63) is 29.7 Å². The van der Waals surface area contributed by atoms with Crippen molar-refractivity contribution in [3.63, 3.8) is 0 Å². The zero-order chi connectivity index (χ0) is 13.8.